The summed E-state index contributed by atoms with van der Waals surface area (Å²) in [5, 5.41) is 8.61. The Morgan fingerprint density at radius 2 is 2.21 bits per heavy atom. The Labute approximate surface area is 119 Å². The van der Waals surface area contributed by atoms with Crippen LogP contribution in [0.15, 0.2) is 22.7 Å². The fourth-order valence-corrected chi connectivity index (χ4v) is 2.61. The molecule has 1 amide bonds. The highest BCUT2D eigenvalue weighted by Crippen LogP contribution is 2.30. The Balaban J connectivity index is 2.08. The van der Waals surface area contributed by atoms with Gasteiger partial charge < -0.3 is 15.7 Å². The minimum atomic E-state index is -0.936. The third-order valence-corrected chi connectivity index (χ3v) is 3.68. The van der Waals surface area contributed by atoms with Gasteiger partial charge in [0.1, 0.15) is 0 Å². The van der Waals surface area contributed by atoms with Crippen molar-refractivity contribution >= 4 is 33.5 Å². The summed E-state index contributed by atoms with van der Waals surface area (Å²) in [6.45, 7) is 0.603. The van der Waals surface area contributed by atoms with Crippen LogP contribution in [-0.2, 0) is 16.0 Å². The zero-order valence-electron chi connectivity index (χ0n) is 10.3. The summed E-state index contributed by atoms with van der Waals surface area (Å²) in [6.07, 6.45) is 0.872. The van der Waals surface area contributed by atoms with Crippen molar-refractivity contribution in [3.8, 4) is 0 Å². The highest BCUT2D eigenvalue weighted by molar-refractivity contribution is 9.10. The molecule has 1 aliphatic heterocycles. The number of anilines is 1. The maximum absolute atomic E-state index is 12.2. The van der Waals surface area contributed by atoms with E-state index in [1.54, 1.807) is 4.90 Å². The molecule has 19 heavy (non-hydrogen) atoms. The van der Waals surface area contributed by atoms with Gasteiger partial charge in [-0.05, 0) is 36.6 Å². The first kappa shape index (κ1) is 14.0. The van der Waals surface area contributed by atoms with Gasteiger partial charge in [-0.15, -0.1) is 0 Å². The van der Waals surface area contributed by atoms with E-state index in [9.17, 15) is 9.59 Å². The van der Waals surface area contributed by atoms with Crippen LogP contribution < -0.4 is 10.6 Å². The molecule has 102 valence electrons. The van der Waals surface area contributed by atoms with Gasteiger partial charge >= 0.3 is 5.97 Å². The molecule has 0 bridgehead atoms. The first-order valence-electron chi connectivity index (χ1n) is 6.06. The van der Waals surface area contributed by atoms with Gasteiger partial charge in [-0.2, -0.15) is 0 Å². The molecule has 3 N–H and O–H groups in total. The largest absolute Gasteiger partial charge is 0.481 e. The van der Waals surface area contributed by atoms with Gasteiger partial charge in [-0.1, -0.05) is 15.9 Å². The summed E-state index contributed by atoms with van der Waals surface area (Å²) in [7, 11) is 0. The lowest BCUT2D eigenvalue weighted by molar-refractivity contribution is -0.137. The number of carboxylic acid groups (broad SMARTS) is 1. The van der Waals surface area contributed by atoms with Crippen molar-refractivity contribution in [2.24, 2.45) is 5.73 Å². The van der Waals surface area contributed by atoms with Gasteiger partial charge in [-0.3, -0.25) is 9.59 Å². The third kappa shape index (κ3) is 3.13. The van der Waals surface area contributed by atoms with Gasteiger partial charge in [0.05, 0.1) is 6.04 Å². The van der Waals surface area contributed by atoms with E-state index < -0.39 is 12.0 Å². The molecule has 1 aromatic rings. The molecule has 0 spiro atoms. The molecule has 6 heteroatoms. The van der Waals surface area contributed by atoms with Crippen molar-refractivity contribution in [3.05, 3.63) is 28.2 Å². The molecule has 0 aromatic heterocycles. The number of nitrogens with two attached hydrogens (primary N) is 1. The summed E-state index contributed by atoms with van der Waals surface area (Å²) < 4.78 is 0.982. The molecule has 0 aliphatic carbocycles. The molecule has 0 saturated heterocycles. The van der Waals surface area contributed by atoms with E-state index in [1.807, 2.05) is 18.2 Å². The number of hydrogen-bond acceptors (Lipinski definition) is 3. The van der Waals surface area contributed by atoms with Crippen LogP contribution in [0.2, 0.25) is 0 Å². The van der Waals surface area contributed by atoms with E-state index in [1.165, 1.54) is 0 Å². The van der Waals surface area contributed by atoms with E-state index in [-0.39, 0.29) is 18.7 Å². The molecule has 1 unspecified atom stereocenters. The lowest BCUT2D eigenvalue weighted by Gasteiger charge is -2.21. The van der Waals surface area contributed by atoms with Crippen LogP contribution in [0.1, 0.15) is 18.4 Å². The average molecular weight is 327 g/mol. The van der Waals surface area contributed by atoms with Crippen LogP contribution in [0.25, 0.3) is 0 Å². The number of rotatable bonds is 4. The van der Waals surface area contributed by atoms with Gasteiger partial charge in [0.15, 0.2) is 0 Å². The number of carboxylic acids is 1. The number of carbonyl (C=O) groups excluding carboxylic acids is 1. The fourth-order valence-electron chi connectivity index (χ4n) is 2.20. The summed E-state index contributed by atoms with van der Waals surface area (Å²) in [5.41, 5.74) is 7.75. The molecule has 1 aliphatic rings. The van der Waals surface area contributed by atoms with Gasteiger partial charge in [0.25, 0.3) is 0 Å². The number of benzene rings is 1. The first-order chi connectivity index (χ1) is 8.99. The van der Waals surface area contributed by atoms with Crippen molar-refractivity contribution in [3.63, 3.8) is 0 Å². The van der Waals surface area contributed by atoms with Crippen LogP contribution in [-0.4, -0.2) is 29.6 Å². The Bertz CT molecular complexity index is 519. The minimum Gasteiger partial charge on any atom is -0.481 e. The molecule has 0 fully saturated rings. The van der Waals surface area contributed by atoms with Crippen LogP contribution >= 0.6 is 15.9 Å². The van der Waals surface area contributed by atoms with E-state index in [2.05, 4.69) is 15.9 Å². The first-order valence-corrected chi connectivity index (χ1v) is 6.85. The van der Waals surface area contributed by atoms with Crippen molar-refractivity contribution in [1.29, 1.82) is 0 Å². The Morgan fingerprint density at radius 1 is 1.47 bits per heavy atom. The quantitative estimate of drug-likeness (QED) is 0.878. The summed E-state index contributed by atoms with van der Waals surface area (Å²) >= 11 is 3.40. The van der Waals surface area contributed by atoms with Crippen molar-refractivity contribution in [2.75, 3.05) is 11.4 Å². The Morgan fingerprint density at radius 3 is 2.89 bits per heavy atom. The third-order valence-electron chi connectivity index (χ3n) is 3.19. The molecule has 5 nitrogen and oxygen atoms in total. The number of amides is 1. The highest BCUT2D eigenvalue weighted by Gasteiger charge is 2.28. The zero-order valence-corrected chi connectivity index (χ0v) is 11.9. The monoisotopic (exact) mass is 326 g/mol. The molecule has 0 saturated carbocycles. The lowest BCUT2D eigenvalue weighted by Crippen LogP contribution is -2.43. The maximum Gasteiger partial charge on any atom is 0.303 e. The van der Waals surface area contributed by atoms with Gasteiger partial charge in [-0.25, -0.2) is 0 Å². The van der Waals surface area contributed by atoms with Crippen LogP contribution in [0.4, 0.5) is 5.69 Å². The van der Waals surface area contributed by atoms with Crippen LogP contribution in [0.3, 0.4) is 0 Å². The van der Waals surface area contributed by atoms with E-state index >= 15 is 0 Å². The van der Waals surface area contributed by atoms with Crippen molar-refractivity contribution in [2.45, 2.75) is 25.3 Å². The number of aliphatic carboxylic acids is 1. The standard InChI is InChI=1S/C13H15BrN2O3/c14-9-1-3-11-8(7-9)5-6-16(11)13(19)10(15)2-4-12(17)18/h1,3,7,10H,2,4-6,15H2,(H,17,18). The Kier molecular flexibility index (Phi) is 4.21. The summed E-state index contributed by atoms with van der Waals surface area (Å²) in [6, 6.07) is 5.00. The summed E-state index contributed by atoms with van der Waals surface area (Å²) in [5.74, 6) is -1.14. The number of carbonyl (C=O) groups is 2. The smallest absolute Gasteiger partial charge is 0.303 e. The minimum absolute atomic E-state index is 0.0893. The van der Waals surface area contributed by atoms with E-state index in [0.29, 0.717) is 6.54 Å². The van der Waals surface area contributed by atoms with Crippen LogP contribution in [0, 0.1) is 0 Å². The maximum atomic E-state index is 12.2. The second kappa shape index (κ2) is 5.71. The second-order valence-corrected chi connectivity index (χ2v) is 5.47. The Hall–Kier alpha value is -1.40. The van der Waals surface area contributed by atoms with E-state index in [0.717, 1.165) is 22.1 Å². The molecule has 1 heterocycles. The topological polar surface area (TPSA) is 83.6 Å². The number of halogens is 1. The SMILES string of the molecule is NC(CCC(=O)O)C(=O)N1CCc2cc(Br)ccc21. The molecule has 2 rings (SSSR count). The van der Waals surface area contributed by atoms with Crippen molar-refractivity contribution < 1.29 is 14.7 Å². The second-order valence-electron chi connectivity index (χ2n) is 4.55. The number of nitrogens with zero attached hydrogens (tertiary/aromatic N) is 1. The average Bonchev–Trinajstić information content (AvgIpc) is 2.77. The van der Waals surface area contributed by atoms with Gasteiger partial charge in [0.2, 0.25) is 5.91 Å². The number of fused-ring (bicyclic) bond motifs is 1. The van der Waals surface area contributed by atoms with Crippen molar-refractivity contribution in [1.82, 2.24) is 0 Å². The van der Waals surface area contributed by atoms with E-state index in [4.69, 9.17) is 10.8 Å². The normalized spacial score (nSPS) is 15.2. The lowest BCUT2D eigenvalue weighted by atomic mass is 10.1. The van der Waals surface area contributed by atoms with Crippen LogP contribution in [0.5, 0.6) is 0 Å². The molecular formula is C13H15BrN2O3. The molecule has 1 atom stereocenters. The molecular weight excluding hydrogens is 312 g/mol. The molecule has 0 radical (unpaired) electrons. The predicted molar refractivity (Wildman–Crippen MR) is 75.0 cm³/mol. The summed E-state index contributed by atoms with van der Waals surface area (Å²) in [4.78, 5) is 24.3. The zero-order chi connectivity index (χ0) is 14.0. The number of hydrogen-bond donors (Lipinski definition) is 2. The predicted octanol–water partition coefficient (Wildman–Crippen LogP) is 1.53. The fraction of sp³-hybridized carbons (Fsp3) is 0.385. The highest BCUT2D eigenvalue weighted by atomic mass is 79.9. The molecule has 1 aromatic carbocycles. The van der Waals surface area contributed by atoms with Gasteiger partial charge in [0, 0.05) is 23.1 Å².